The maximum absolute atomic E-state index is 5.31. The van der Waals surface area contributed by atoms with Gasteiger partial charge in [-0.05, 0) is 48.1 Å². The number of hydrogen-bond donors (Lipinski definition) is 1. The molecule has 1 heterocycles. The molecular weight excluding hydrogens is 404 g/mol. The number of H-pyrrole nitrogens is 1. The zero-order valence-corrected chi connectivity index (χ0v) is 16.0. The first kappa shape index (κ1) is 17.4. The lowest BCUT2D eigenvalue weighted by Gasteiger charge is -2.07. The molecule has 0 radical (unpaired) electrons. The molecule has 0 amide bonds. The number of benzene rings is 2. The van der Waals surface area contributed by atoms with Crippen LogP contribution in [-0.4, -0.2) is 35.3 Å². The lowest BCUT2D eigenvalue weighted by atomic mass is 10.2. The first-order chi connectivity index (χ1) is 12.1. The van der Waals surface area contributed by atoms with Crippen LogP contribution in [0.5, 0.6) is 11.5 Å². The molecule has 1 N–H and O–H groups in total. The van der Waals surface area contributed by atoms with Gasteiger partial charge in [0.05, 0.1) is 20.4 Å². The van der Waals surface area contributed by atoms with Crippen LogP contribution in [0.1, 0.15) is 5.56 Å². The van der Waals surface area contributed by atoms with Gasteiger partial charge < -0.3 is 9.47 Å². The lowest BCUT2D eigenvalue weighted by Crippen LogP contribution is -1.96. The van der Waals surface area contributed by atoms with Gasteiger partial charge in [0.25, 0.3) is 0 Å². The summed E-state index contributed by atoms with van der Waals surface area (Å²) in [5.41, 5.74) is 1.73. The van der Waals surface area contributed by atoms with E-state index in [4.69, 9.17) is 21.7 Å². The number of aromatic amines is 1. The molecule has 3 rings (SSSR count). The smallest absolute Gasteiger partial charge is 0.216 e. The Bertz CT molecular complexity index is 981. The molecule has 0 aliphatic heterocycles. The van der Waals surface area contributed by atoms with Crippen molar-refractivity contribution in [2.45, 2.75) is 0 Å². The number of hydrogen-bond acceptors (Lipinski definition) is 5. The summed E-state index contributed by atoms with van der Waals surface area (Å²) in [5, 5.41) is 11.5. The van der Waals surface area contributed by atoms with E-state index in [1.54, 1.807) is 25.1 Å². The summed E-state index contributed by atoms with van der Waals surface area (Å²) < 4.78 is 13.4. The Labute approximate surface area is 158 Å². The van der Waals surface area contributed by atoms with Crippen LogP contribution in [0.4, 0.5) is 0 Å². The van der Waals surface area contributed by atoms with Gasteiger partial charge in [0.2, 0.25) is 4.77 Å². The summed E-state index contributed by atoms with van der Waals surface area (Å²) in [5.74, 6) is 1.91. The van der Waals surface area contributed by atoms with Crippen LogP contribution in [0.2, 0.25) is 0 Å². The van der Waals surface area contributed by atoms with E-state index >= 15 is 0 Å². The second kappa shape index (κ2) is 7.62. The highest BCUT2D eigenvalue weighted by molar-refractivity contribution is 9.10. The third-order valence-electron chi connectivity index (χ3n) is 3.50. The molecule has 25 heavy (non-hydrogen) atoms. The molecule has 0 atom stereocenters. The maximum Gasteiger partial charge on any atom is 0.216 e. The summed E-state index contributed by atoms with van der Waals surface area (Å²) in [7, 11) is 3.19. The first-order valence-corrected chi connectivity index (χ1v) is 8.53. The highest BCUT2D eigenvalue weighted by atomic mass is 79.9. The van der Waals surface area contributed by atoms with E-state index in [0.717, 1.165) is 15.6 Å². The van der Waals surface area contributed by atoms with Crippen LogP contribution < -0.4 is 9.47 Å². The first-order valence-electron chi connectivity index (χ1n) is 7.32. The summed E-state index contributed by atoms with van der Waals surface area (Å²) in [4.78, 5) is 0. The predicted molar refractivity (Wildman–Crippen MR) is 103 cm³/mol. The molecule has 0 saturated heterocycles. The number of nitrogens with zero attached hydrogens (tertiary/aromatic N) is 3. The third-order valence-corrected chi connectivity index (χ3v) is 4.45. The number of methoxy groups -OCH3 is 2. The topological polar surface area (TPSA) is 64.4 Å². The van der Waals surface area contributed by atoms with Crippen LogP contribution in [0.15, 0.2) is 52.0 Å². The highest BCUT2D eigenvalue weighted by Crippen LogP contribution is 2.28. The zero-order chi connectivity index (χ0) is 17.8. The molecule has 0 unspecified atom stereocenters. The SMILES string of the molecule is COc1ccc(C=Nn2c(-c3ccccc3Br)n[nH]c2=S)cc1OC. The molecule has 8 heteroatoms. The Morgan fingerprint density at radius 2 is 1.92 bits per heavy atom. The molecule has 0 aliphatic carbocycles. The largest absolute Gasteiger partial charge is 0.493 e. The van der Waals surface area contributed by atoms with Crippen LogP contribution in [0.25, 0.3) is 11.4 Å². The average Bonchev–Trinajstić information content (AvgIpc) is 3.00. The van der Waals surface area contributed by atoms with Gasteiger partial charge in [0, 0.05) is 10.0 Å². The second-order valence-corrected chi connectivity index (χ2v) is 6.24. The summed E-state index contributed by atoms with van der Waals surface area (Å²) in [6.07, 6.45) is 1.69. The molecule has 128 valence electrons. The van der Waals surface area contributed by atoms with E-state index in [9.17, 15) is 0 Å². The molecule has 0 fully saturated rings. The van der Waals surface area contributed by atoms with Crippen molar-refractivity contribution in [1.82, 2.24) is 14.9 Å². The Balaban J connectivity index is 1.99. The van der Waals surface area contributed by atoms with Gasteiger partial charge in [-0.25, -0.2) is 5.10 Å². The summed E-state index contributed by atoms with van der Waals surface area (Å²) in [6.45, 7) is 0. The molecule has 0 bridgehead atoms. The molecule has 0 spiro atoms. The van der Waals surface area contributed by atoms with Crippen molar-refractivity contribution in [3.63, 3.8) is 0 Å². The van der Waals surface area contributed by atoms with Crippen LogP contribution in [0, 0.1) is 4.77 Å². The minimum Gasteiger partial charge on any atom is -0.493 e. The van der Waals surface area contributed by atoms with Crippen LogP contribution in [0.3, 0.4) is 0 Å². The summed E-state index contributed by atoms with van der Waals surface area (Å²) in [6, 6.07) is 13.3. The monoisotopic (exact) mass is 418 g/mol. The molecule has 3 aromatic rings. The lowest BCUT2D eigenvalue weighted by molar-refractivity contribution is 0.355. The Kier molecular flexibility index (Phi) is 5.30. The van der Waals surface area contributed by atoms with Gasteiger partial charge in [-0.2, -0.15) is 14.9 Å². The van der Waals surface area contributed by atoms with Crippen molar-refractivity contribution in [3.8, 4) is 22.9 Å². The summed E-state index contributed by atoms with van der Waals surface area (Å²) >= 11 is 8.81. The maximum atomic E-state index is 5.31. The van der Waals surface area contributed by atoms with Gasteiger partial charge in [0.15, 0.2) is 17.3 Å². The third kappa shape index (κ3) is 3.64. The van der Waals surface area contributed by atoms with E-state index in [-0.39, 0.29) is 0 Å². The number of ether oxygens (including phenoxy) is 2. The van der Waals surface area contributed by atoms with Crippen LogP contribution >= 0.6 is 28.1 Å². The Morgan fingerprint density at radius 3 is 2.64 bits per heavy atom. The standard InChI is InChI=1S/C17H15BrN4O2S/c1-23-14-8-7-11(9-15(14)24-2)10-19-22-16(20-21-17(22)25)12-5-3-4-6-13(12)18/h3-10H,1-2H3,(H,21,25). The van der Waals surface area contributed by atoms with Gasteiger partial charge >= 0.3 is 0 Å². The fourth-order valence-corrected chi connectivity index (χ4v) is 2.91. The molecule has 6 nitrogen and oxygen atoms in total. The number of aromatic nitrogens is 3. The molecular formula is C17H15BrN4O2S. The average molecular weight is 419 g/mol. The van der Waals surface area contributed by atoms with Crippen LogP contribution in [-0.2, 0) is 0 Å². The predicted octanol–water partition coefficient (Wildman–Crippen LogP) is 4.27. The van der Waals surface area contributed by atoms with E-state index in [2.05, 4.69) is 31.2 Å². The highest BCUT2D eigenvalue weighted by Gasteiger charge is 2.11. The Morgan fingerprint density at radius 1 is 1.16 bits per heavy atom. The zero-order valence-electron chi connectivity index (χ0n) is 13.6. The van der Waals surface area contributed by atoms with Crippen molar-refractivity contribution >= 4 is 34.4 Å². The Hall–Kier alpha value is -2.45. The fraction of sp³-hybridized carbons (Fsp3) is 0.118. The van der Waals surface area contributed by atoms with E-state index in [1.807, 2.05) is 42.5 Å². The van der Waals surface area contributed by atoms with Crippen molar-refractivity contribution in [2.75, 3.05) is 14.2 Å². The van der Waals surface area contributed by atoms with E-state index in [0.29, 0.717) is 22.1 Å². The fourth-order valence-electron chi connectivity index (χ4n) is 2.27. The van der Waals surface area contributed by atoms with Gasteiger partial charge in [-0.15, -0.1) is 0 Å². The number of halogens is 1. The van der Waals surface area contributed by atoms with Crippen molar-refractivity contribution in [2.24, 2.45) is 5.10 Å². The number of nitrogens with one attached hydrogen (secondary N) is 1. The van der Waals surface area contributed by atoms with Crippen molar-refractivity contribution in [1.29, 1.82) is 0 Å². The molecule has 2 aromatic carbocycles. The molecule has 0 saturated carbocycles. The van der Waals surface area contributed by atoms with Crippen molar-refractivity contribution in [3.05, 3.63) is 57.3 Å². The number of rotatable bonds is 5. The molecule has 1 aromatic heterocycles. The normalized spacial score (nSPS) is 11.0. The van der Waals surface area contributed by atoms with Gasteiger partial charge in [-0.1, -0.05) is 28.1 Å². The van der Waals surface area contributed by atoms with Gasteiger partial charge in [0.1, 0.15) is 0 Å². The van der Waals surface area contributed by atoms with Gasteiger partial charge in [-0.3, -0.25) is 0 Å². The quantitative estimate of drug-likeness (QED) is 0.496. The minimum absolute atomic E-state index is 0.405. The van der Waals surface area contributed by atoms with E-state index < -0.39 is 0 Å². The van der Waals surface area contributed by atoms with Crippen molar-refractivity contribution < 1.29 is 9.47 Å². The second-order valence-electron chi connectivity index (χ2n) is 5.00. The minimum atomic E-state index is 0.405. The molecule has 0 aliphatic rings. The van der Waals surface area contributed by atoms with E-state index in [1.165, 1.54) is 0 Å².